The van der Waals surface area contributed by atoms with E-state index in [2.05, 4.69) is 18.9 Å². The van der Waals surface area contributed by atoms with Gasteiger partial charge < -0.3 is 4.90 Å². The highest BCUT2D eigenvalue weighted by molar-refractivity contribution is 6.39. The Balaban J connectivity index is 2.19. The van der Waals surface area contributed by atoms with Gasteiger partial charge in [-0.25, -0.2) is 5.01 Å². The number of rotatable bonds is 2. The van der Waals surface area contributed by atoms with Crippen LogP contribution in [0, 0.1) is 0 Å². The molecule has 0 saturated carbocycles. The van der Waals surface area contributed by atoms with Gasteiger partial charge in [0.2, 0.25) is 5.91 Å². The van der Waals surface area contributed by atoms with Crippen LogP contribution >= 0.6 is 0 Å². The third-order valence-corrected chi connectivity index (χ3v) is 4.22. The van der Waals surface area contributed by atoms with Crippen LogP contribution in [0.3, 0.4) is 0 Å². The lowest BCUT2D eigenvalue weighted by Crippen LogP contribution is -2.51. The highest BCUT2D eigenvalue weighted by atomic mass is 16.2. The lowest BCUT2D eigenvalue weighted by atomic mass is 9.96. The second-order valence-corrected chi connectivity index (χ2v) is 6.22. The van der Waals surface area contributed by atoms with Crippen LogP contribution in [0.25, 0.3) is 0 Å². The summed E-state index contributed by atoms with van der Waals surface area (Å²) < 4.78 is 0. The molecule has 2 heterocycles. The molecule has 2 amide bonds. The zero-order valence-electron chi connectivity index (χ0n) is 12.9. The average molecular weight is 279 g/mol. The molecule has 0 aromatic heterocycles. The van der Waals surface area contributed by atoms with Crippen LogP contribution in [0.15, 0.2) is 5.10 Å². The van der Waals surface area contributed by atoms with E-state index in [0.29, 0.717) is 18.6 Å². The van der Waals surface area contributed by atoms with Crippen LogP contribution in [0.4, 0.5) is 0 Å². The van der Waals surface area contributed by atoms with Gasteiger partial charge in [0.1, 0.15) is 5.71 Å². The molecule has 0 spiro atoms. The Labute approximate surface area is 121 Å². The van der Waals surface area contributed by atoms with Gasteiger partial charge in [-0.3, -0.25) is 9.59 Å². The fraction of sp³-hybridized carbons (Fsp3) is 0.800. The van der Waals surface area contributed by atoms with Crippen molar-refractivity contribution in [3.05, 3.63) is 0 Å². The van der Waals surface area contributed by atoms with Crippen LogP contribution in [0.1, 0.15) is 59.8 Å². The lowest BCUT2D eigenvalue weighted by molar-refractivity contribution is -0.134. The molecular weight excluding hydrogens is 254 g/mol. The second-order valence-electron chi connectivity index (χ2n) is 6.22. The lowest BCUT2D eigenvalue weighted by Gasteiger charge is -2.40. The van der Waals surface area contributed by atoms with E-state index in [9.17, 15) is 9.59 Å². The summed E-state index contributed by atoms with van der Waals surface area (Å²) in [5.41, 5.74) is 0.541. The molecule has 2 atom stereocenters. The Kier molecular flexibility index (Phi) is 4.45. The minimum atomic E-state index is 0.00167. The third-order valence-electron chi connectivity index (χ3n) is 4.22. The molecule has 0 radical (unpaired) electrons. The predicted molar refractivity (Wildman–Crippen MR) is 78.3 cm³/mol. The highest BCUT2D eigenvalue weighted by Crippen LogP contribution is 2.24. The van der Waals surface area contributed by atoms with Crippen molar-refractivity contribution in [3.63, 3.8) is 0 Å². The van der Waals surface area contributed by atoms with Crippen LogP contribution in [-0.2, 0) is 9.59 Å². The molecule has 2 aliphatic rings. The molecule has 0 aliphatic carbocycles. The highest BCUT2D eigenvalue weighted by Gasteiger charge is 2.34. The van der Waals surface area contributed by atoms with Gasteiger partial charge in [0.15, 0.2) is 0 Å². The Bertz CT molecular complexity index is 421. The second kappa shape index (κ2) is 5.94. The average Bonchev–Trinajstić information content (AvgIpc) is 2.38. The normalized spacial score (nSPS) is 27.9. The molecule has 112 valence electrons. The Morgan fingerprint density at radius 1 is 1.20 bits per heavy atom. The number of carbonyl (C=O) groups excluding carboxylic acids is 2. The Morgan fingerprint density at radius 3 is 2.35 bits per heavy atom. The van der Waals surface area contributed by atoms with Gasteiger partial charge in [0.05, 0.1) is 0 Å². The van der Waals surface area contributed by atoms with Crippen LogP contribution in [-0.4, -0.2) is 45.6 Å². The maximum atomic E-state index is 12.7. The summed E-state index contributed by atoms with van der Waals surface area (Å²) in [7, 11) is 0. The molecule has 0 N–H and O–H groups in total. The number of nitrogens with zero attached hydrogens (tertiary/aromatic N) is 3. The van der Waals surface area contributed by atoms with E-state index in [0.717, 1.165) is 12.8 Å². The number of amides is 2. The van der Waals surface area contributed by atoms with Crippen LogP contribution in [0.2, 0.25) is 0 Å². The first kappa shape index (κ1) is 15.0. The minimum Gasteiger partial charge on any atom is -0.332 e. The molecule has 0 aromatic rings. The molecule has 0 bridgehead atoms. The van der Waals surface area contributed by atoms with Crippen molar-refractivity contribution < 1.29 is 9.59 Å². The van der Waals surface area contributed by atoms with E-state index in [-0.39, 0.29) is 29.9 Å². The smallest absolute Gasteiger partial charge is 0.270 e. The van der Waals surface area contributed by atoms with Crippen molar-refractivity contribution in [2.75, 3.05) is 0 Å². The minimum absolute atomic E-state index is 0.00167. The first-order valence-electron chi connectivity index (χ1n) is 7.64. The summed E-state index contributed by atoms with van der Waals surface area (Å²) in [5.74, 6) is 0.0270. The first-order valence-corrected chi connectivity index (χ1v) is 7.64. The van der Waals surface area contributed by atoms with E-state index in [1.165, 1.54) is 11.4 Å². The SMILES string of the molecule is CC(C)N1N=C(C(=O)N2[C@H](C)CCC[C@@H]2C)CCC1=O. The molecule has 1 saturated heterocycles. The van der Waals surface area contributed by atoms with Gasteiger partial charge in [-0.05, 0) is 47.0 Å². The van der Waals surface area contributed by atoms with Gasteiger partial charge >= 0.3 is 0 Å². The van der Waals surface area contributed by atoms with Crippen LogP contribution < -0.4 is 0 Å². The predicted octanol–water partition coefficient (Wildman–Crippen LogP) is 2.16. The molecule has 5 heteroatoms. The van der Waals surface area contributed by atoms with E-state index >= 15 is 0 Å². The standard InChI is InChI=1S/C15H25N3O2/c1-10(2)18-14(19)9-8-13(16-18)15(20)17-11(3)6-5-7-12(17)4/h10-12H,5-9H2,1-4H3/t11-,12+. The first-order chi connectivity index (χ1) is 9.41. The monoisotopic (exact) mass is 279 g/mol. The van der Waals surface area contributed by atoms with Gasteiger partial charge in [-0.15, -0.1) is 0 Å². The van der Waals surface area contributed by atoms with Crippen molar-refractivity contribution in [1.82, 2.24) is 9.91 Å². The Morgan fingerprint density at radius 2 is 1.80 bits per heavy atom. The van der Waals surface area contributed by atoms with Gasteiger partial charge in [0, 0.05) is 31.0 Å². The van der Waals surface area contributed by atoms with Crippen molar-refractivity contribution in [2.45, 2.75) is 77.9 Å². The fourth-order valence-corrected chi connectivity index (χ4v) is 3.10. The van der Waals surface area contributed by atoms with E-state index in [1.807, 2.05) is 18.7 Å². The molecule has 2 rings (SSSR count). The quantitative estimate of drug-likeness (QED) is 0.778. The summed E-state index contributed by atoms with van der Waals surface area (Å²) in [4.78, 5) is 26.5. The summed E-state index contributed by atoms with van der Waals surface area (Å²) in [6, 6.07) is 0.528. The number of hydrogen-bond acceptors (Lipinski definition) is 3. The summed E-state index contributed by atoms with van der Waals surface area (Å²) in [6.45, 7) is 8.03. The third kappa shape index (κ3) is 2.86. The number of carbonyl (C=O) groups is 2. The number of hydrazone groups is 1. The number of likely N-dealkylation sites (tertiary alicyclic amines) is 1. The fourth-order valence-electron chi connectivity index (χ4n) is 3.10. The molecule has 20 heavy (non-hydrogen) atoms. The molecule has 1 fully saturated rings. The van der Waals surface area contributed by atoms with E-state index in [1.54, 1.807) is 0 Å². The molecule has 2 aliphatic heterocycles. The topological polar surface area (TPSA) is 53.0 Å². The number of hydrogen-bond donors (Lipinski definition) is 0. The largest absolute Gasteiger partial charge is 0.332 e. The van der Waals surface area contributed by atoms with Crippen molar-refractivity contribution in [1.29, 1.82) is 0 Å². The zero-order chi connectivity index (χ0) is 14.9. The van der Waals surface area contributed by atoms with Crippen molar-refractivity contribution >= 4 is 17.5 Å². The van der Waals surface area contributed by atoms with Crippen LogP contribution in [0.5, 0.6) is 0 Å². The summed E-state index contributed by atoms with van der Waals surface area (Å²) in [6.07, 6.45) is 4.14. The molecule has 0 aromatic carbocycles. The van der Waals surface area contributed by atoms with Crippen molar-refractivity contribution in [2.24, 2.45) is 5.10 Å². The molecule has 5 nitrogen and oxygen atoms in total. The van der Waals surface area contributed by atoms with E-state index < -0.39 is 0 Å². The van der Waals surface area contributed by atoms with Gasteiger partial charge in [0.25, 0.3) is 5.91 Å². The molecular formula is C15H25N3O2. The van der Waals surface area contributed by atoms with E-state index in [4.69, 9.17) is 0 Å². The molecule has 0 unspecified atom stereocenters. The number of piperidine rings is 1. The maximum Gasteiger partial charge on any atom is 0.270 e. The van der Waals surface area contributed by atoms with Gasteiger partial charge in [-0.1, -0.05) is 0 Å². The maximum absolute atomic E-state index is 12.7. The summed E-state index contributed by atoms with van der Waals surface area (Å²) in [5, 5.41) is 5.77. The Hall–Kier alpha value is -1.39. The zero-order valence-corrected chi connectivity index (χ0v) is 12.9. The van der Waals surface area contributed by atoms with Crippen molar-refractivity contribution in [3.8, 4) is 0 Å². The summed E-state index contributed by atoms with van der Waals surface area (Å²) >= 11 is 0. The van der Waals surface area contributed by atoms with Gasteiger partial charge in [-0.2, -0.15) is 5.10 Å².